The first-order valence-electron chi connectivity index (χ1n) is 6.04. The van der Waals surface area contributed by atoms with Gasteiger partial charge in [0, 0.05) is 22.4 Å². The molecule has 0 saturated heterocycles. The number of pyridine rings is 1. The van der Waals surface area contributed by atoms with Crippen molar-refractivity contribution in [2.75, 3.05) is 0 Å². The molecule has 4 rings (SSSR count). The average molecular weight is 247 g/mol. The highest BCUT2D eigenvalue weighted by Crippen LogP contribution is 2.28. The van der Waals surface area contributed by atoms with Crippen LogP contribution in [0.25, 0.3) is 32.6 Å². The van der Waals surface area contributed by atoms with Gasteiger partial charge >= 0.3 is 5.63 Å². The maximum atomic E-state index is 12.0. The quantitative estimate of drug-likeness (QED) is 0.353. The minimum atomic E-state index is -0.318. The third-order valence-electron chi connectivity index (χ3n) is 3.35. The van der Waals surface area contributed by atoms with Crippen molar-refractivity contribution in [1.82, 2.24) is 4.98 Å². The summed E-state index contributed by atoms with van der Waals surface area (Å²) in [4.78, 5) is 16.5. The summed E-state index contributed by atoms with van der Waals surface area (Å²) < 4.78 is 5.34. The van der Waals surface area contributed by atoms with Gasteiger partial charge in [-0.05, 0) is 18.2 Å². The molecule has 4 aromatic rings. The largest absolute Gasteiger partial charge is 0.422 e. The second-order valence-corrected chi connectivity index (χ2v) is 4.45. The van der Waals surface area contributed by atoms with E-state index in [1.165, 1.54) is 0 Å². The molecule has 0 amide bonds. The molecule has 2 heterocycles. The molecule has 3 nitrogen and oxygen atoms in total. The third-order valence-corrected chi connectivity index (χ3v) is 3.35. The smallest absolute Gasteiger partial charge is 0.344 e. The minimum Gasteiger partial charge on any atom is -0.422 e. The Hall–Kier alpha value is -2.68. The predicted molar refractivity (Wildman–Crippen MR) is 75.3 cm³/mol. The van der Waals surface area contributed by atoms with Crippen LogP contribution in [0.2, 0.25) is 0 Å². The van der Waals surface area contributed by atoms with Gasteiger partial charge in [-0.3, -0.25) is 4.98 Å². The average Bonchev–Trinajstić information content (AvgIpc) is 2.47. The summed E-state index contributed by atoms with van der Waals surface area (Å²) in [6, 6.07) is 15.1. The second-order valence-electron chi connectivity index (χ2n) is 4.45. The Labute approximate surface area is 108 Å². The lowest BCUT2D eigenvalue weighted by Gasteiger charge is -2.05. The van der Waals surface area contributed by atoms with Crippen LogP contribution in [-0.4, -0.2) is 4.98 Å². The van der Waals surface area contributed by atoms with E-state index in [0.717, 1.165) is 21.7 Å². The zero-order valence-electron chi connectivity index (χ0n) is 9.96. The standard InChI is InChI=1S/C16H9NO2/c18-16-12-8-7-10-4-3-9-17-15(10)14(12)11-5-1-2-6-13(11)19-16/h1-9H. The molecule has 0 atom stereocenters. The zero-order chi connectivity index (χ0) is 12.8. The molecule has 0 N–H and O–H groups in total. The fourth-order valence-electron chi connectivity index (χ4n) is 2.50. The molecule has 2 aromatic heterocycles. The van der Waals surface area contributed by atoms with Crippen LogP contribution in [0.4, 0.5) is 0 Å². The van der Waals surface area contributed by atoms with Gasteiger partial charge in [-0.1, -0.05) is 30.3 Å². The van der Waals surface area contributed by atoms with Crippen LogP contribution >= 0.6 is 0 Å². The van der Waals surface area contributed by atoms with Crippen molar-refractivity contribution in [3.05, 3.63) is 65.1 Å². The van der Waals surface area contributed by atoms with Crippen molar-refractivity contribution in [2.24, 2.45) is 0 Å². The Balaban J connectivity index is 2.44. The van der Waals surface area contributed by atoms with Gasteiger partial charge in [0.25, 0.3) is 0 Å². The van der Waals surface area contributed by atoms with Gasteiger partial charge in [0.1, 0.15) is 5.58 Å². The lowest BCUT2D eigenvalue weighted by molar-refractivity contribution is 0.570. The summed E-state index contributed by atoms with van der Waals surface area (Å²) in [5, 5.41) is 3.38. The molecule has 0 aliphatic carbocycles. The van der Waals surface area contributed by atoms with Crippen molar-refractivity contribution >= 4 is 32.6 Å². The number of hydrogen-bond acceptors (Lipinski definition) is 3. The van der Waals surface area contributed by atoms with Crippen molar-refractivity contribution in [3.63, 3.8) is 0 Å². The summed E-state index contributed by atoms with van der Waals surface area (Å²) in [5.74, 6) is 0. The number of benzene rings is 2. The van der Waals surface area contributed by atoms with Crippen molar-refractivity contribution in [3.8, 4) is 0 Å². The number of aromatic nitrogens is 1. The summed E-state index contributed by atoms with van der Waals surface area (Å²) in [6.07, 6.45) is 1.74. The van der Waals surface area contributed by atoms with E-state index in [2.05, 4.69) is 4.98 Å². The van der Waals surface area contributed by atoms with E-state index in [9.17, 15) is 4.79 Å². The van der Waals surface area contributed by atoms with E-state index in [-0.39, 0.29) is 5.63 Å². The Morgan fingerprint density at radius 3 is 2.74 bits per heavy atom. The molecule has 19 heavy (non-hydrogen) atoms. The molecule has 0 radical (unpaired) electrons. The van der Waals surface area contributed by atoms with Gasteiger partial charge in [-0.25, -0.2) is 4.79 Å². The molecule has 0 aliphatic rings. The molecule has 2 aromatic carbocycles. The van der Waals surface area contributed by atoms with E-state index < -0.39 is 0 Å². The molecule has 0 saturated carbocycles. The SMILES string of the molecule is O=c1oc2ccccc2c2c1ccc1cccnc12. The highest BCUT2D eigenvalue weighted by molar-refractivity contribution is 6.16. The van der Waals surface area contributed by atoms with Gasteiger partial charge in [0.05, 0.1) is 10.9 Å². The van der Waals surface area contributed by atoms with E-state index >= 15 is 0 Å². The monoisotopic (exact) mass is 247 g/mol. The van der Waals surface area contributed by atoms with Gasteiger partial charge < -0.3 is 4.42 Å². The lowest BCUT2D eigenvalue weighted by Crippen LogP contribution is -2.00. The van der Waals surface area contributed by atoms with Gasteiger partial charge in [0.2, 0.25) is 0 Å². The molecule has 0 aliphatic heterocycles. The highest BCUT2D eigenvalue weighted by Gasteiger charge is 2.10. The molecule has 0 spiro atoms. The van der Waals surface area contributed by atoms with E-state index in [0.29, 0.717) is 11.0 Å². The minimum absolute atomic E-state index is 0.318. The Kier molecular flexibility index (Phi) is 1.97. The van der Waals surface area contributed by atoms with Crippen LogP contribution in [-0.2, 0) is 0 Å². The van der Waals surface area contributed by atoms with Gasteiger partial charge in [-0.2, -0.15) is 0 Å². The third kappa shape index (κ3) is 1.38. The van der Waals surface area contributed by atoms with Crippen LogP contribution in [0.5, 0.6) is 0 Å². The van der Waals surface area contributed by atoms with Gasteiger partial charge in [-0.15, -0.1) is 0 Å². The number of hydrogen-bond donors (Lipinski definition) is 0. The molecule has 0 unspecified atom stereocenters. The molecule has 3 heteroatoms. The number of para-hydroxylation sites is 1. The topological polar surface area (TPSA) is 43.1 Å². The highest BCUT2D eigenvalue weighted by atomic mass is 16.4. The van der Waals surface area contributed by atoms with Crippen LogP contribution in [0.1, 0.15) is 0 Å². The Morgan fingerprint density at radius 2 is 1.79 bits per heavy atom. The fourth-order valence-corrected chi connectivity index (χ4v) is 2.50. The molecule has 90 valence electrons. The first kappa shape index (κ1) is 10.3. The summed E-state index contributed by atoms with van der Waals surface area (Å²) in [7, 11) is 0. The van der Waals surface area contributed by atoms with Crippen LogP contribution in [0.3, 0.4) is 0 Å². The first-order chi connectivity index (χ1) is 9.34. The number of nitrogens with zero attached hydrogens (tertiary/aromatic N) is 1. The normalized spacial score (nSPS) is 11.4. The van der Waals surface area contributed by atoms with E-state index in [4.69, 9.17) is 4.42 Å². The number of fused-ring (bicyclic) bond motifs is 5. The van der Waals surface area contributed by atoms with E-state index in [1.54, 1.807) is 18.3 Å². The second kappa shape index (κ2) is 3.65. The predicted octanol–water partition coefficient (Wildman–Crippen LogP) is 3.49. The lowest BCUT2D eigenvalue weighted by atomic mass is 10.0. The van der Waals surface area contributed by atoms with Crippen LogP contribution in [0, 0.1) is 0 Å². The number of rotatable bonds is 0. The molecule has 0 fully saturated rings. The van der Waals surface area contributed by atoms with Crippen molar-refractivity contribution in [2.45, 2.75) is 0 Å². The maximum Gasteiger partial charge on any atom is 0.344 e. The zero-order valence-corrected chi connectivity index (χ0v) is 9.96. The van der Waals surface area contributed by atoms with Crippen LogP contribution in [0.15, 0.2) is 63.9 Å². The molecule has 0 bridgehead atoms. The Morgan fingerprint density at radius 1 is 0.895 bits per heavy atom. The maximum absolute atomic E-state index is 12.0. The summed E-state index contributed by atoms with van der Waals surface area (Å²) in [5.41, 5.74) is 1.11. The van der Waals surface area contributed by atoms with Crippen molar-refractivity contribution in [1.29, 1.82) is 0 Å². The van der Waals surface area contributed by atoms with E-state index in [1.807, 2.05) is 36.4 Å². The molecular formula is C16H9NO2. The summed E-state index contributed by atoms with van der Waals surface area (Å²) >= 11 is 0. The first-order valence-corrected chi connectivity index (χ1v) is 6.04. The fraction of sp³-hybridized carbons (Fsp3) is 0. The summed E-state index contributed by atoms with van der Waals surface area (Å²) in [6.45, 7) is 0. The Bertz CT molecular complexity index is 970. The van der Waals surface area contributed by atoms with Gasteiger partial charge in [0.15, 0.2) is 0 Å². The van der Waals surface area contributed by atoms with Crippen molar-refractivity contribution < 1.29 is 4.42 Å². The molecular weight excluding hydrogens is 238 g/mol. The van der Waals surface area contributed by atoms with Crippen LogP contribution < -0.4 is 5.63 Å².